The summed E-state index contributed by atoms with van der Waals surface area (Å²) in [6.45, 7) is 4.18. The Morgan fingerprint density at radius 1 is 1.50 bits per heavy atom. The lowest BCUT2D eigenvalue weighted by Gasteiger charge is -2.13. The standard InChI is InChI=1S/C13H19NO2/c1-3-10-4-5-11(8-9(10)2)12(14)6-7-13(15)16/h4-5,8,12H,3,6-7,14H2,1-2H3,(H,15,16). The summed E-state index contributed by atoms with van der Waals surface area (Å²) in [6.07, 6.45) is 1.62. The van der Waals surface area contributed by atoms with Gasteiger partial charge in [0.05, 0.1) is 0 Å². The molecule has 0 aromatic heterocycles. The van der Waals surface area contributed by atoms with Crippen LogP contribution in [-0.4, -0.2) is 11.1 Å². The van der Waals surface area contributed by atoms with E-state index in [0.29, 0.717) is 6.42 Å². The molecule has 0 saturated heterocycles. The van der Waals surface area contributed by atoms with E-state index in [4.69, 9.17) is 10.8 Å². The Morgan fingerprint density at radius 2 is 2.19 bits per heavy atom. The Labute approximate surface area is 96.3 Å². The van der Waals surface area contributed by atoms with Crippen molar-refractivity contribution in [2.45, 2.75) is 39.2 Å². The Bertz CT molecular complexity index is 374. The predicted octanol–water partition coefficient (Wildman–Crippen LogP) is 2.42. The van der Waals surface area contributed by atoms with Gasteiger partial charge < -0.3 is 10.8 Å². The fourth-order valence-electron chi connectivity index (χ4n) is 1.79. The highest BCUT2D eigenvalue weighted by atomic mass is 16.4. The number of carboxylic acids is 1. The van der Waals surface area contributed by atoms with Crippen molar-refractivity contribution in [2.75, 3.05) is 0 Å². The molecule has 0 fully saturated rings. The second-order valence-electron chi connectivity index (χ2n) is 4.08. The summed E-state index contributed by atoms with van der Waals surface area (Å²) in [4.78, 5) is 10.4. The Kier molecular flexibility index (Phi) is 4.50. The predicted molar refractivity (Wildman–Crippen MR) is 64.4 cm³/mol. The maximum atomic E-state index is 10.4. The van der Waals surface area contributed by atoms with Crippen molar-refractivity contribution < 1.29 is 9.90 Å². The molecule has 0 aliphatic rings. The zero-order valence-electron chi connectivity index (χ0n) is 9.86. The highest BCUT2D eigenvalue weighted by Gasteiger charge is 2.09. The quantitative estimate of drug-likeness (QED) is 0.802. The van der Waals surface area contributed by atoms with Gasteiger partial charge in [-0.1, -0.05) is 25.1 Å². The molecule has 0 bridgehead atoms. The number of hydrogen-bond donors (Lipinski definition) is 2. The first-order chi connectivity index (χ1) is 7.54. The van der Waals surface area contributed by atoms with Crippen LogP contribution in [0.4, 0.5) is 0 Å². The molecule has 0 radical (unpaired) electrons. The first-order valence-electron chi connectivity index (χ1n) is 5.61. The highest BCUT2D eigenvalue weighted by molar-refractivity contribution is 5.66. The van der Waals surface area contributed by atoms with Crippen molar-refractivity contribution in [2.24, 2.45) is 5.73 Å². The van der Waals surface area contributed by atoms with Crippen LogP contribution in [0.25, 0.3) is 0 Å². The number of aliphatic carboxylic acids is 1. The van der Waals surface area contributed by atoms with Crippen LogP contribution >= 0.6 is 0 Å². The molecule has 0 saturated carbocycles. The number of rotatable bonds is 5. The fraction of sp³-hybridized carbons (Fsp3) is 0.462. The van der Waals surface area contributed by atoms with Gasteiger partial charge in [0.15, 0.2) is 0 Å². The van der Waals surface area contributed by atoms with E-state index in [2.05, 4.69) is 26.0 Å². The molecule has 0 spiro atoms. The first kappa shape index (κ1) is 12.7. The van der Waals surface area contributed by atoms with Gasteiger partial charge in [-0.3, -0.25) is 4.79 Å². The van der Waals surface area contributed by atoms with Crippen LogP contribution in [0.1, 0.15) is 42.5 Å². The first-order valence-corrected chi connectivity index (χ1v) is 5.61. The molecule has 1 atom stereocenters. The third-order valence-electron chi connectivity index (χ3n) is 2.84. The van der Waals surface area contributed by atoms with Crippen molar-refractivity contribution in [1.29, 1.82) is 0 Å². The zero-order chi connectivity index (χ0) is 12.1. The molecule has 0 aliphatic carbocycles. The van der Waals surface area contributed by atoms with Gasteiger partial charge in [-0.25, -0.2) is 0 Å². The van der Waals surface area contributed by atoms with Crippen LogP contribution in [0.5, 0.6) is 0 Å². The molecule has 3 nitrogen and oxygen atoms in total. The van der Waals surface area contributed by atoms with Crippen LogP contribution in [-0.2, 0) is 11.2 Å². The van der Waals surface area contributed by atoms with E-state index >= 15 is 0 Å². The molecule has 1 unspecified atom stereocenters. The molecule has 3 N–H and O–H groups in total. The average molecular weight is 221 g/mol. The second kappa shape index (κ2) is 5.66. The lowest BCUT2D eigenvalue weighted by atomic mass is 9.97. The van der Waals surface area contributed by atoms with Crippen LogP contribution < -0.4 is 5.73 Å². The number of carbonyl (C=O) groups is 1. The molecular weight excluding hydrogens is 202 g/mol. The van der Waals surface area contributed by atoms with E-state index in [-0.39, 0.29) is 12.5 Å². The Morgan fingerprint density at radius 3 is 2.69 bits per heavy atom. The smallest absolute Gasteiger partial charge is 0.303 e. The minimum atomic E-state index is -0.794. The summed E-state index contributed by atoms with van der Waals surface area (Å²) in [5, 5.41) is 8.59. The van der Waals surface area contributed by atoms with Gasteiger partial charge in [0, 0.05) is 12.5 Å². The second-order valence-corrected chi connectivity index (χ2v) is 4.08. The minimum Gasteiger partial charge on any atom is -0.481 e. The number of carboxylic acid groups (broad SMARTS) is 1. The van der Waals surface area contributed by atoms with E-state index in [1.165, 1.54) is 11.1 Å². The van der Waals surface area contributed by atoms with Crippen LogP contribution in [0.15, 0.2) is 18.2 Å². The van der Waals surface area contributed by atoms with Crippen molar-refractivity contribution >= 4 is 5.97 Å². The number of hydrogen-bond acceptors (Lipinski definition) is 2. The summed E-state index contributed by atoms with van der Waals surface area (Å²) in [7, 11) is 0. The minimum absolute atomic E-state index is 0.121. The molecule has 88 valence electrons. The zero-order valence-corrected chi connectivity index (χ0v) is 9.86. The molecule has 0 heterocycles. The molecule has 3 heteroatoms. The third-order valence-corrected chi connectivity index (χ3v) is 2.84. The van der Waals surface area contributed by atoms with Gasteiger partial charge in [-0.05, 0) is 36.5 Å². The van der Waals surface area contributed by atoms with Crippen molar-refractivity contribution in [3.05, 3.63) is 34.9 Å². The van der Waals surface area contributed by atoms with Gasteiger partial charge in [-0.15, -0.1) is 0 Å². The summed E-state index contributed by atoms with van der Waals surface area (Å²) in [5.74, 6) is -0.794. The topological polar surface area (TPSA) is 63.3 Å². The summed E-state index contributed by atoms with van der Waals surface area (Å²) >= 11 is 0. The van der Waals surface area contributed by atoms with Gasteiger partial charge >= 0.3 is 5.97 Å². The SMILES string of the molecule is CCc1ccc(C(N)CCC(=O)O)cc1C. The summed E-state index contributed by atoms with van der Waals surface area (Å²) < 4.78 is 0. The van der Waals surface area contributed by atoms with Gasteiger partial charge in [-0.2, -0.15) is 0 Å². The molecule has 1 aromatic carbocycles. The molecule has 1 rings (SSSR count). The normalized spacial score (nSPS) is 12.4. The lowest BCUT2D eigenvalue weighted by molar-refractivity contribution is -0.137. The van der Waals surface area contributed by atoms with Gasteiger partial charge in [0.1, 0.15) is 0 Å². The fourth-order valence-corrected chi connectivity index (χ4v) is 1.79. The third kappa shape index (κ3) is 3.35. The summed E-state index contributed by atoms with van der Waals surface area (Å²) in [6, 6.07) is 5.95. The molecule has 16 heavy (non-hydrogen) atoms. The van der Waals surface area contributed by atoms with Crippen molar-refractivity contribution in [1.82, 2.24) is 0 Å². The van der Waals surface area contributed by atoms with Crippen molar-refractivity contribution in [3.8, 4) is 0 Å². The van der Waals surface area contributed by atoms with E-state index in [1.807, 2.05) is 6.07 Å². The number of nitrogens with two attached hydrogens (primary N) is 1. The monoisotopic (exact) mass is 221 g/mol. The maximum Gasteiger partial charge on any atom is 0.303 e. The Balaban J connectivity index is 2.72. The highest BCUT2D eigenvalue weighted by Crippen LogP contribution is 2.19. The molecule has 1 aromatic rings. The van der Waals surface area contributed by atoms with E-state index < -0.39 is 5.97 Å². The van der Waals surface area contributed by atoms with Gasteiger partial charge in [0.2, 0.25) is 0 Å². The Hall–Kier alpha value is -1.35. The van der Waals surface area contributed by atoms with E-state index in [1.54, 1.807) is 0 Å². The van der Waals surface area contributed by atoms with Crippen LogP contribution in [0.2, 0.25) is 0 Å². The average Bonchev–Trinajstić information content (AvgIpc) is 2.25. The lowest BCUT2D eigenvalue weighted by Crippen LogP contribution is -2.12. The largest absolute Gasteiger partial charge is 0.481 e. The van der Waals surface area contributed by atoms with Crippen LogP contribution in [0, 0.1) is 6.92 Å². The molecular formula is C13H19NO2. The number of benzene rings is 1. The van der Waals surface area contributed by atoms with E-state index in [9.17, 15) is 4.79 Å². The van der Waals surface area contributed by atoms with Crippen molar-refractivity contribution in [3.63, 3.8) is 0 Å². The van der Waals surface area contributed by atoms with Gasteiger partial charge in [0.25, 0.3) is 0 Å². The number of aryl methyl sites for hydroxylation is 2. The summed E-state index contributed by atoms with van der Waals surface area (Å²) in [5.41, 5.74) is 9.51. The molecule has 0 aliphatic heterocycles. The maximum absolute atomic E-state index is 10.4. The molecule has 0 amide bonds. The van der Waals surface area contributed by atoms with E-state index in [0.717, 1.165) is 12.0 Å². The van der Waals surface area contributed by atoms with Crippen LogP contribution in [0.3, 0.4) is 0 Å².